The maximum Gasteiger partial charge on any atom is 0.276 e. The van der Waals surface area contributed by atoms with Gasteiger partial charge in [-0.15, -0.1) is 0 Å². The summed E-state index contributed by atoms with van der Waals surface area (Å²) in [5, 5.41) is 19.8. The molecule has 1 atom stereocenters. The molecule has 0 saturated heterocycles. The van der Waals surface area contributed by atoms with Crippen molar-refractivity contribution < 1.29 is 10.0 Å². The van der Waals surface area contributed by atoms with E-state index in [1.54, 1.807) is 12.1 Å². The van der Waals surface area contributed by atoms with Gasteiger partial charge in [-0.05, 0) is 41.6 Å². The normalized spacial score (nSPS) is 12.5. The summed E-state index contributed by atoms with van der Waals surface area (Å²) in [5.41, 5.74) is 0.326. The lowest BCUT2D eigenvalue weighted by Gasteiger charge is -2.05. The molecule has 5 heteroatoms. The molecule has 0 saturated carbocycles. The number of benzene rings is 1. The number of aliphatic hydroxyl groups is 1. The Morgan fingerprint density at radius 1 is 1.62 bits per heavy atom. The number of nitro benzene ring substituents is 1. The average Bonchev–Trinajstić information content (AvgIpc) is 2.03. The summed E-state index contributed by atoms with van der Waals surface area (Å²) >= 11 is 1.99. The minimum atomic E-state index is -0.808. The standard InChI is InChI=1S/C8H8INO3/c1-5(11)7-3-2-6(9)4-8(7)10(12)13/h2-5,11H,1H3. The third-order valence-electron chi connectivity index (χ3n) is 1.64. The second kappa shape index (κ2) is 4.01. The van der Waals surface area contributed by atoms with Gasteiger partial charge in [-0.25, -0.2) is 0 Å². The van der Waals surface area contributed by atoms with E-state index in [9.17, 15) is 15.2 Å². The second-order valence-electron chi connectivity index (χ2n) is 2.64. The van der Waals surface area contributed by atoms with Gasteiger partial charge in [0.15, 0.2) is 0 Å². The monoisotopic (exact) mass is 293 g/mol. The van der Waals surface area contributed by atoms with Crippen LogP contribution >= 0.6 is 22.6 Å². The van der Waals surface area contributed by atoms with E-state index in [0.717, 1.165) is 3.57 Å². The van der Waals surface area contributed by atoms with Crippen LogP contribution in [-0.2, 0) is 0 Å². The highest BCUT2D eigenvalue weighted by atomic mass is 127. The Bertz CT molecular complexity index is 338. The quantitative estimate of drug-likeness (QED) is 0.517. The van der Waals surface area contributed by atoms with Crippen LogP contribution < -0.4 is 0 Å². The smallest absolute Gasteiger partial charge is 0.276 e. The molecule has 1 rings (SSSR count). The van der Waals surface area contributed by atoms with E-state index in [1.807, 2.05) is 22.6 Å². The highest BCUT2D eigenvalue weighted by molar-refractivity contribution is 14.1. The van der Waals surface area contributed by atoms with Crippen molar-refractivity contribution in [3.05, 3.63) is 37.4 Å². The number of nitrogens with zero attached hydrogens (tertiary/aromatic N) is 1. The van der Waals surface area contributed by atoms with Crippen LogP contribution in [0.4, 0.5) is 5.69 Å². The fourth-order valence-corrected chi connectivity index (χ4v) is 1.50. The van der Waals surface area contributed by atoms with E-state index < -0.39 is 11.0 Å². The molecule has 0 aliphatic heterocycles. The van der Waals surface area contributed by atoms with E-state index in [-0.39, 0.29) is 5.69 Å². The van der Waals surface area contributed by atoms with E-state index in [2.05, 4.69) is 0 Å². The van der Waals surface area contributed by atoms with E-state index in [0.29, 0.717) is 5.56 Å². The van der Waals surface area contributed by atoms with Crippen molar-refractivity contribution in [2.24, 2.45) is 0 Å². The molecule has 0 aromatic heterocycles. The maximum absolute atomic E-state index is 10.6. The van der Waals surface area contributed by atoms with Crippen molar-refractivity contribution in [2.45, 2.75) is 13.0 Å². The van der Waals surface area contributed by atoms with Crippen LogP contribution in [0.2, 0.25) is 0 Å². The number of rotatable bonds is 2. The highest BCUT2D eigenvalue weighted by Crippen LogP contribution is 2.26. The molecular weight excluding hydrogens is 285 g/mol. The Balaban J connectivity index is 3.27. The zero-order valence-electron chi connectivity index (χ0n) is 6.90. The third-order valence-corrected chi connectivity index (χ3v) is 2.31. The first-order chi connectivity index (χ1) is 6.02. The SMILES string of the molecule is CC(O)c1ccc(I)cc1[N+](=O)[O-]. The van der Waals surface area contributed by atoms with E-state index in [4.69, 9.17) is 0 Å². The van der Waals surface area contributed by atoms with Gasteiger partial charge in [0.25, 0.3) is 5.69 Å². The van der Waals surface area contributed by atoms with Gasteiger partial charge in [0.05, 0.1) is 16.6 Å². The first-order valence-electron chi connectivity index (χ1n) is 3.64. The van der Waals surface area contributed by atoms with Gasteiger partial charge in [0.2, 0.25) is 0 Å². The Kier molecular flexibility index (Phi) is 3.21. The molecule has 0 heterocycles. The van der Waals surface area contributed by atoms with Crippen LogP contribution in [0.5, 0.6) is 0 Å². The number of aliphatic hydroxyl groups excluding tert-OH is 1. The Hall–Kier alpha value is -0.690. The summed E-state index contributed by atoms with van der Waals surface area (Å²) in [5.74, 6) is 0. The van der Waals surface area contributed by atoms with Gasteiger partial charge in [-0.2, -0.15) is 0 Å². The van der Waals surface area contributed by atoms with Crippen molar-refractivity contribution in [3.8, 4) is 0 Å². The van der Waals surface area contributed by atoms with Crippen LogP contribution in [0.1, 0.15) is 18.6 Å². The molecule has 0 aliphatic rings. The first kappa shape index (κ1) is 10.4. The topological polar surface area (TPSA) is 63.4 Å². The fourth-order valence-electron chi connectivity index (χ4n) is 1.03. The van der Waals surface area contributed by atoms with Crippen LogP contribution in [0.15, 0.2) is 18.2 Å². The molecule has 0 spiro atoms. The summed E-state index contributed by atoms with van der Waals surface area (Å²) in [7, 11) is 0. The van der Waals surface area contributed by atoms with Crippen molar-refractivity contribution in [1.29, 1.82) is 0 Å². The van der Waals surface area contributed by atoms with Gasteiger partial charge in [0, 0.05) is 9.64 Å². The molecule has 70 valence electrons. The van der Waals surface area contributed by atoms with E-state index in [1.165, 1.54) is 13.0 Å². The molecule has 13 heavy (non-hydrogen) atoms. The molecule has 1 aromatic carbocycles. The van der Waals surface area contributed by atoms with Crippen LogP contribution in [0, 0.1) is 13.7 Å². The maximum atomic E-state index is 10.6. The number of hydrogen-bond donors (Lipinski definition) is 1. The number of nitro groups is 1. The Labute approximate surface area is 88.9 Å². The second-order valence-corrected chi connectivity index (χ2v) is 3.88. The molecule has 4 nitrogen and oxygen atoms in total. The van der Waals surface area contributed by atoms with Crippen molar-refractivity contribution in [3.63, 3.8) is 0 Å². The minimum Gasteiger partial charge on any atom is -0.388 e. The Morgan fingerprint density at radius 3 is 2.69 bits per heavy atom. The molecule has 0 fully saturated rings. The average molecular weight is 293 g/mol. The summed E-state index contributed by atoms with van der Waals surface area (Å²) in [6.45, 7) is 1.51. The molecular formula is C8H8INO3. The minimum absolute atomic E-state index is 0.0260. The molecule has 0 bridgehead atoms. The van der Waals surface area contributed by atoms with Crippen molar-refractivity contribution in [2.75, 3.05) is 0 Å². The van der Waals surface area contributed by atoms with Crippen molar-refractivity contribution in [1.82, 2.24) is 0 Å². The predicted octanol–water partition coefficient (Wildman–Crippen LogP) is 2.25. The van der Waals surface area contributed by atoms with Gasteiger partial charge >= 0.3 is 0 Å². The first-order valence-corrected chi connectivity index (χ1v) is 4.72. The summed E-state index contributed by atoms with van der Waals surface area (Å²) in [6, 6.07) is 4.75. The van der Waals surface area contributed by atoms with Gasteiger partial charge in [0.1, 0.15) is 0 Å². The molecule has 1 aromatic rings. The Morgan fingerprint density at radius 2 is 2.23 bits per heavy atom. The lowest BCUT2D eigenvalue weighted by molar-refractivity contribution is -0.386. The summed E-state index contributed by atoms with van der Waals surface area (Å²) in [4.78, 5) is 10.1. The van der Waals surface area contributed by atoms with Gasteiger partial charge < -0.3 is 5.11 Å². The molecule has 1 unspecified atom stereocenters. The van der Waals surface area contributed by atoms with Crippen LogP contribution in [0.25, 0.3) is 0 Å². The van der Waals surface area contributed by atoms with Gasteiger partial charge in [-0.1, -0.05) is 0 Å². The molecule has 0 aliphatic carbocycles. The highest BCUT2D eigenvalue weighted by Gasteiger charge is 2.17. The molecule has 0 amide bonds. The number of hydrogen-bond acceptors (Lipinski definition) is 3. The lowest BCUT2D eigenvalue weighted by atomic mass is 10.1. The predicted molar refractivity (Wildman–Crippen MR) is 56.4 cm³/mol. The van der Waals surface area contributed by atoms with E-state index >= 15 is 0 Å². The largest absolute Gasteiger partial charge is 0.388 e. The third kappa shape index (κ3) is 2.38. The zero-order chi connectivity index (χ0) is 10.0. The molecule has 1 N–H and O–H groups in total. The van der Waals surface area contributed by atoms with Gasteiger partial charge in [-0.3, -0.25) is 10.1 Å². The lowest BCUT2D eigenvalue weighted by Crippen LogP contribution is -1.99. The van der Waals surface area contributed by atoms with Crippen molar-refractivity contribution >= 4 is 28.3 Å². The van der Waals surface area contributed by atoms with Crippen LogP contribution in [0.3, 0.4) is 0 Å². The zero-order valence-corrected chi connectivity index (χ0v) is 9.06. The summed E-state index contributed by atoms with van der Waals surface area (Å²) in [6.07, 6.45) is -0.808. The number of halogens is 1. The molecule has 0 radical (unpaired) electrons. The summed E-state index contributed by atoms with van der Waals surface area (Å²) < 4.78 is 0.786. The van der Waals surface area contributed by atoms with Crippen LogP contribution in [-0.4, -0.2) is 10.0 Å². The fraction of sp³-hybridized carbons (Fsp3) is 0.250.